The molecule has 9 nitrogen and oxygen atoms in total. The van der Waals surface area contributed by atoms with E-state index in [2.05, 4.69) is 69.0 Å². The Morgan fingerprint density at radius 2 is 1.70 bits per heavy atom. The molecule has 198 valence electrons. The minimum atomic E-state index is -0.367. The first kappa shape index (κ1) is 32.9. The SMILES string of the molecule is C=C/C=C\C=C.C=O.CC.C[C@@H](c1ccccc1)n1cnc2c1CCN(c1cn[nH]c(=O)c1Cl)C2.N=N. The lowest BCUT2D eigenvalue weighted by Gasteiger charge is -2.30. The molecule has 3 aromatic rings. The van der Waals surface area contributed by atoms with Gasteiger partial charge in [-0.2, -0.15) is 5.10 Å². The van der Waals surface area contributed by atoms with Crippen molar-refractivity contribution < 1.29 is 4.79 Å². The van der Waals surface area contributed by atoms with Gasteiger partial charge < -0.3 is 14.3 Å². The second kappa shape index (κ2) is 19.1. The van der Waals surface area contributed by atoms with Gasteiger partial charge in [0, 0.05) is 18.7 Å². The zero-order valence-electron chi connectivity index (χ0n) is 21.7. The van der Waals surface area contributed by atoms with E-state index in [4.69, 9.17) is 27.5 Å². The van der Waals surface area contributed by atoms with Crippen LogP contribution in [0.3, 0.4) is 0 Å². The summed E-state index contributed by atoms with van der Waals surface area (Å²) < 4.78 is 2.24. The van der Waals surface area contributed by atoms with E-state index in [9.17, 15) is 4.79 Å². The van der Waals surface area contributed by atoms with Crippen LogP contribution in [0, 0.1) is 11.1 Å². The van der Waals surface area contributed by atoms with Crippen molar-refractivity contribution in [1.82, 2.24) is 19.7 Å². The summed E-state index contributed by atoms with van der Waals surface area (Å²) in [5, 5.41) is 6.39. The smallest absolute Gasteiger partial charge is 0.285 e. The van der Waals surface area contributed by atoms with Gasteiger partial charge in [0.2, 0.25) is 0 Å². The molecule has 1 atom stereocenters. The molecule has 0 aliphatic carbocycles. The fraction of sp³-hybridized carbons (Fsp3) is 0.259. The Bertz CT molecular complexity index is 1150. The maximum absolute atomic E-state index is 11.7. The molecule has 37 heavy (non-hydrogen) atoms. The number of aromatic amines is 1. The number of allylic oxidation sites excluding steroid dienone is 4. The van der Waals surface area contributed by atoms with Crippen LogP contribution in [-0.2, 0) is 17.8 Å². The Hall–Kier alpha value is -4.11. The van der Waals surface area contributed by atoms with E-state index in [1.807, 2.05) is 45.2 Å². The number of imidazole rings is 1. The number of benzene rings is 1. The second-order valence-corrected chi connectivity index (χ2v) is 7.44. The highest BCUT2D eigenvalue weighted by molar-refractivity contribution is 6.32. The molecule has 3 heterocycles. The van der Waals surface area contributed by atoms with Gasteiger partial charge in [-0.25, -0.2) is 21.1 Å². The summed E-state index contributed by atoms with van der Waals surface area (Å²) in [7, 11) is 0. The number of nitrogens with zero attached hydrogens (tertiary/aromatic N) is 4. The van der Waals surface area contributed by atoms with Crippen LogP contribution in [0.5, 0.6) is 0 Å². The van der Waals surface area contributed by atoms with Gasteiger partial charge in [-0.15, -0.1) is 0 Å². The van der Waals surface area contributed by atoms with Crippen molar-refractivity contribution in [3.8, 4) is 0 Å². The molecule has 0 saturated heterocycles. The maximum Gasteiger partial charge on any atom is 0.285 e. The van der Waals surface area contributed by atoms with Crippen molar-refractivity contribution in [2.24, 2.45) is 0 Å². The first-order valence-electron chi connectivity index (χ1n) is 11.6. The van der Waals surface area contributed by atoms with E-state index in [0.717, 1.165) is 18.7 Å². The number of anilines is 1. The Morgan fingerprint density at radius 1 is 1.11 bits per heavy atom. The summed E-state index contributed by atoms with van der Waals surface area (Å²) >= 11 is 6.14. The van der Waals surface area contributed by atoms with E-state index in [-0.39, 0.29) is 16.6 Å². The topological polar surface area (TPSA) is 132 Å². The average molecular weight is 526 g/mol. The minimum Gasteiger partial charge on any atom is -0.362 e. The van der Waals surface area contributed by atoms with Gasteiger partial charge in [-0.05, 0) is 12.5 Å². The van der Waals surface area contributed by atoms with E-state index in [0.29, 0.717) is 12.2 Å². The van der Waals surface area contributed by atoms with Gasteiger partial charge >= 0.3 is 0 Å². The van der Waals surface area contributed by atoms with Crippen LogP contribution in [0.1, 0.15) is 43.8 Å². The Balaban J connectivity index is 0.000000929. The van der Waals surface area contributed by atoms with Crippen molar-refractivity contribution in [2.75, 3.05) is 11.4 Å². The highest BCUT2D eigenvalue weighted by atomic mass is 35.5. The average Bonchev–Trinajstić information content (AvgIpc) is 3.40. The number of carbonyl (C=O) groups is 1. The van der Waals surface area contributed by atoms with E-state index in [1.54, 1.807) is 18.3 Å². The van der Waals surface area contributed by atoms with E-state index in [1.165, 1.54) is 11.3 Å². The quantitative estimate of drug-likeness (QED) is 0.272. The number of fused-ring (bicyclic) bond motifs is 1. The zero-order valence-corrected chi connectivity index (χ0v) is 22.4. The maximum atomic E-state index is 11.7. The first-order valence-corrected chi connectivity index (χ1v) is 12.0. The third-order valence-electron chi connectivity index (χ3n) is 5.14. The number of hydrogen-bond donors (Lipinski definition) is 3. The molecule has 0 bridgehead atoms. The summed E-state index contributed by atoms with van der Waals surface area (Å²) in [6.07, 6.45) is 11.4. The molecule has 0 amide bonds. The molecule has 0 fully saturated rings. The van der Waals surface area contributed by atoms with E-state index >= 15 is 0 Å². The summed E-state index contributed by atoms with van der Waals surface area (Å²) in [5.41, 5.74) is 13.8. The molecule has 3 N–H and O–H groups in total. The number of nitrogens with one attached hydrogen (secondary N) is 3. The number of H-pyrrole nitrogens is 1. The predicted molar refractivity (Wildman–Crippen MR) is 151 cm³/mol. The van der Waals surface area contributed by atoms with Crippen molar-refractivity contribution in [1.29, 1.82) is 11.1 Å². The molecular formula is C27H36ClN7O2. The first-order chi connectivity index (χ1) is 18.1. The molecule has 0 saturated carbocycles. The zero-order chi connectivity index (χ0) is 28.2. The van der Waals surface area contributed by atoms with Gasteiger partial charge in [-0.3, -0.25) is 4.79 Å². The Morgan fingerprint density at radius 3 is 2.27 bits per heavy atom. The van der Waals surface area contributed by atoms with Crippen LogP contribution in [-0.4, -0.2) is 33.1 Å². The van der Waals surface area contributed by atoms with Crippen molar-refractivity contribution in [3.05, 3.63) is 113 Å². The molecule has 10 heteroatoms. The standard InChI is InChI=1S/C18H18ClN5O.C6H8.C2H6.CH2O.H2N2/c1-12(13-5-3-2-4-6-13)24-11-20-14-10-23(8-7-15(14)24)16-9-21-22-18(25)17(16)19;1-3-5-6-4-2;3*1-2/h2-6,9,11-12H,7-8,10H2,1H3,(H,22,25);3-6H,1-2H2;1-2H3;1H2;1-2H/b;6-5-;;;/t12-;;;;/m0..../s1. The van der Waals surface area contributed by atoms with Crippen molar-refractivity contribution >= 4 is 24.1 Å². The normalized spacial score (nSPS) is 11.9. The van der Waals surface area contributed by atoms with Gasteiger partial charge in [-0.1, -0.05) is 93.2 Å². The highest BCUT2D eigenvalue weighted by Crippen LogP contribution is 2.29. The number of hydrogen-bond acceptors (Lipinski definition) is 7. The summed E-state index contributed by atoms with van der Waals surface area (Å²) in [6, 6.07) is 10.6. The third-order valence-corrected chi connectivity index (χ3v) is 5.51. The molecule has 1 aliphatic rings. The lowest BCUT2D eigenvalue weighted by atomic mass is 10.1. The lowest BCUT2D eigenvalue weighted by Crippen LogP contribution is -2.33. The fourth-order valence-corrected chi connectivity index (χ4v) is 3.73. The van der Waals surface area contributed by atoms with Crippen LogP contribution in [0.2, 0.25) is 5.02 Å². The molecule has 1 aromatic carbocycles. The van der Waals surface area contributed by atoms with Gasteiger partial charge in [0.05, 0.1) is 36.5 Å². The predicted octanol–water partition coefficient (Wildman–Crippen LogP) is 6.14. The van der Waals surface area contributed by atoms with Crippen LogP contribution in [0.25, 0.3) is 0 Å². The Kier molecular flexibility index (Phi) is 17.0. The van der Waals surface area contributed by atoms with Crippen LogP contribution >= 0.6 is 11.6 Å². The summed E-state index contributed by atoms with van der Waals surface area (Å²) in [6.45, 7) is 16.5. The fourth-order valence-electron chi connectivity index (χ4n) is 3.51. The van der Waals surface area contributed by atoms with Gasteiger partial charge in [0.25, 0.3) is 5.56 Å². The van der Waals surface area contributed by atoms with Crippen LogP contribution < -0.4 is 10.5 Å². The molecule has 0 unspecified atom stereocenters. The summed E-state index contributed by atoms with van der Waals surface area (Å²) in [5.74, 6) is 0. The molecule has 2 aromatic heterocycles. The lowest BCUT2D eigenvalue weighted by molar-refractivity contribution is -0.0979. The van der Waals surface area contributed by atoms with Gasteiger partial charge in [0.1, 0.15) is 11.8 Å². The number of rotatable bonds is 5. The van der Waals surface area contributed by atoms with Gasteiger partial charge in [0.15, 0.2) is 0 Å². The minimum absolute atomic E-state index is 0.176. The van der Waals surface area contributed by atoms with E-state index < -0.39 is 0 Å². The molecule has 1 aliphatic heterocycles. The molecule has 4 rings (SSSR count). The number of halogens is 1. The van der Waals surface area contributed by atoms with Crippen molar-refractivity contribution in [3.63, 3.8) is 0 Å². The number of aromatic nitrogens is 4. The van der Waals surface area contributed by atoms with Crippen LogP contribution in [0.15, 0.2) is 85.1 Å². The summed E-state index contributed by atoms with van der Waals surface area (Å²) in [4.78, 5) is 26.3. The Labute approximate surface area is 223 Å². The third kappa shape index (κ3) is 9.46. The molecular weight excluding hydrogens is 490 g/mol. The van der Waals surface area contributed by atoms with Crippen molar-refractivity contribution in [2.45, 2.75) is 39.8 Å². The largest absolute Gasteiger partial charge is 0.362 e. The second-order valence-electron chi connectivity index (χ2n) is 7.06. The molecule has 0 spiro atoms. The van der Waals surface area contributed by atoms with Crippen LogP contribution in [0.4, 0.5) is 5.69 Å². The number of carbonyl (C=O) groups excluding carboxylic acids is 1. The molecule has 0 radical (unpaired) electrons. The highest BCUT2D eigenvalue weighted by Gasteiger charge is 2.25. The monoisotopic (exact) mass is 525 g/mol.